The number of para-hydroxylation sites is 1. The van der Waals surface area contributed by atoms with Crippen molar-refractivity contribution in [3.63, 3.8) is 0 Å². The minimum Gasteiger partial charge on any atom is -0.456 e. The third-order valence-corrected chi connectivity index (χ3v) is 4.79. The van der Waals surface area contributed by atoms with E-state index < -0.39 is 0 Å². The molecular weight excluding hydrogens is 330 g/mol. The molecule has 0 radical (unpaired) electrons. The Morgan fingerprint density at radius 3 is 2.54 bits per heavy atom. The van der Waals surface area contributed by atoms with Gasteiger partial charge in [-0.3, -0.25) is 9.59 Å². The summed E-state index contributed by atoms with van der Waals surface area (Å²) in [6.45, 7) is 7.10. The van der Waals surface area contributed by atoms with E-state index in [0.29, 0.717) is 25.4 Å². The summed E-state index contributed by atoms with van der Waals surface area (Å²) < 4.78 is 5.42. The zero-order chi connectivity index (χ0) is 18.5. The fourth-order valence-corrected chi connectivity index (χ4v) is 3.28. The molecule has 0 saturated carbocycles. The molecule has 2 N–H and O–H groups in total. The van der Waals surface area contributed by atoms with Gasteiger partial charge in [-0.25, -0.2) is 0 Å². The van der Waals surface area contributed by atoms with Crippen molar-refractivity contribution in [1.29, 1.82) is 0 Å². The molecule has 0 atom stereocenters. The minimum atomic E-state index is -0.0709. The standard InChI is InChI=1S/C20H25N3O3/c1-3-16-6-4-5-7-17(16)21-19(24)14-22-10-12-23(13-11-22)20(25)18-9-8-15(2)26-18/h4-9H,3,10-14H2,1-2H3,(H,21,24)/p+1. The van der Waals surface area contributed by atoms with E-state index in [1.165, 1.54) is 4.90 Å². The van der Waals surface area contributed by atoms with Gasteiger partial charge in [0.05, 0.1) is 26.2 Å². The first-order valence-electron chi connectivity index (χ1n) is 9.14. The van der Waals surface area contributed by atoms with Crippen LogP contribution in [0.1, 0.15) is 28.8 Å². The second-order valence-electron chi connectivity index (χ2n) is 6.69. The first kappa shape index (κ1) is 18.2. The van der Waals surface area contributed by atoms with Gasteiger partial charge in [-0.1, -0.05) is 25.1 Å². The van der Waals surface area contributed by atoms with Crippen LogP contribution in [0.15, 0.2) is 40.8 Å². The Hall–Kier alpha value is -2.60. The Morgan fingerprint density at radius 2 is 1.88 bits per heavy atom. The van der Waals surface area contributed by atoms with E-state index in [1.807, 2.05) is 31.2 Å². The zero-order valence-corrected chi connectivity index (χ0v) is 15.4. The highest BCUT2D eigenvalue weighted by atomic mass is 16.3. The maximum Gasteiger partial charge on any atom is 0.289 e. The van der Waals surface area contributed by atoms with Crippen molar-refractivity contribution in [2.24, 2.45) is 0 Å². The fraction of sp³-hybridized carbons (Fsp3) is 0.400. The van der Waals surface area contributed by atoms with Gasteiger partial charge < -0.3 is 19.5 Å². The lowest BCUT2D eigenvalue weighted by molar-refractivity contribution is -0.895. The summed E-state index contributed by atoms with van der Waals surface area (Å²) in [5.41, 5.74) is 2.03. The van der Waals surface area contributed by atoms with Crippen LogP contribution in [-0.2, 0) is 11.2 Å². The maximum absolute atomic E-state index is 12.4. The Balaban J connectivity index is 1.49. The molecule has 3 rings (SSSR count). The van der Waals surface area contributed by atoms with Crippen molar-refractivity contribution in [2.45, 2.75) is 20.3 Å². The number of anilines is 1. The summed E-state index contributed by atoms with van der Waals surface area (Å²) in [5, 5.41) is 3.02. The lowest BCUT2D eigenvalue weighted by Crippen LogP contribution is -3.15. The SMILES string of the molecule is CCc1ccccc1NC(=O)C[NH+]1CCN(C(=O)c2ccc(C)o2)CC1. The molecule has 2 heterocycles. The smallest absolute Gasteiger partial charge is 0.289 e. The average molecular weight is 356 g/mol. The van der Waals surface area contributed by atoms with Gasteiger partial charge in [0.15, 0.2) is 12.3 Å². The summed E-state index contributed by atoms with van der Waals surface area (Å²) in [7, 11) is 0. The quantitative estimate of drug-likeness (QED) is 0.844. The second-order valence-corrected chi connectivity index (χ2v) is 6.69. The van der Waals surface area contributed by atoms with Gasteiger partial charge in [0.1, 0.15) is 5.76 Å². The van der Waals surface area contributed by atoms with Crippen LogP contribution in [0.5, 0.6) is 0 Å². The third-order valence-electron chi connectivity index (χ3n) is 4.79. The topological polar surface area (TPSA) is 67.0 Å². The molecule has 26 heavy (non-hydrogen) atoms. The van der Waals surface area contributed by atoms with Gasteiger partial charge in [0.25, 0.3) is 11.8 Å². The molecule has 6 heteroatoms. The lowest BCUT2D eigenvalue weighted by Gasteiger charge is -2.31. The van der Waals surface area contributed by atoms with Crippen LogP contribution < -0.4 is 10.2 Å². The highest BCUT2D eigenvalue weighted by Gasteiger charge is 2.27. The number of nitrogens with zero attached hydrogens (tertiary/aromatic N) is 1. The minimum absolute atomic E-state index is 0.0161. The van der Waals surface area contributed by atoms with Gasteiger partial charge in [0, 0.05) is 5.69 Å². The molecule has 2 aromatic rings. The Kier molecular flexibility index (Phi) is 5.73. The van der Waals surface area contributed by atoms with Crippen molar-refractivity contribution >= 4 is 17.5 Å². The van der Waals surface area contributed by atoms with Crippen LogP contribution in [0.25, 0.3) is 0 Å². The molecule has 6 nitrogen and oxygen atoms in total. The highest BCUT2D eigenvalue weighted by Crippen LogP contribution is 2.15. The van der Waals surface area contributed by atoms with E-state index in [2.05, 4.69) is 12.2 Å². The van der Waals surface area contributed by atoms with Crippen LogP contribution >= 0.6 is 0 Å². The Bertz CT molecular complexity index is 776. The van der Waals surface area contributed by atoms with Crippen LogP contribution in [0.2, 0.25) is 0 Å². The van der Waals surface area contributed by atoms with Crippen molar-refractivity contribution in [1.82, 2.24) is 4.90 Å². The van der Waals surface area contributed by atoms with Crippen LogP contribution in [0.3, 0.4) is 0 Å². The second kappa shape index (κ2) is 8.19. The summed E-state index contributed by atoms with van der Waals surface area (Å²) in [6.07, 6.45) is 0.885. The van der Waals surface area contributed by atoms with Gasteiger partial charge in [-0.2, -0.15) is 0 Å². The van der Waals surface area contributed by atoms with Crippen LogP contribution in [0.4, 0.5) is 5.69 Å². The van der Waals surface area contributed by atoms with Crippen LogP contribution in [-0.4, -0.2) is 49.4 Å². The molecule has 0 spiro atoms. The molecule has 1 fully saturated rings. The molecule has 1 saturated heterocycles. The number of furan rings is 1. The normalized spacial score (nSPS) is 15.1. The van der Waals surface area contributed by atoms with Crippen molar-refractivity contribution in [3.8, 4) is 0 Å². The number of amides is 2. The van der Waals surface area contributed by atoms with E-state index in [4.69, 9.17) is 4.42 Å². The molecule has 0 unspecified atom stereocenters. The van der Waals surface area contributed by atoms with Gasteiger partial charge in [-0.15, -0.1) is 0 Å². The largest absolute Gasteiger partial charge is 0.456 e. The monoisotopic (exact) mass is 356 g/mol. The lowest BCUT2D eigenvalue weighted by atomic mass is 10.1. The van der Waals surface area contributed by atoms with Gasteiger partial charge in [0.2, 0.25) is 0 Å². The molecule has 0 bridgehead atoms. The zero-order valence-electron chi connectivity index (χ0n) is 15.4. The summed E-state index contributed by atoms with van der Waals surface area (Å²) in [5.74, 6) is 1.07. The van der Waals surface area contributed by atoms with Gasteiger partial charge >= 0.3 is 0 Å². The number of hydrogen-bond donors (Lipinski definition) is 2. The summed E-state index contributed by atoms with van der Waals surface area (Å²) >= 11 is 0. The number of nitrogens with one attached hydrogen (secondary N) is 2. The average Bonchev–Trinajstić information content (AvgIpc) is 3.08. The summed E-state index contributed by atoms with van der Waals surface area (Å²) in [4.78, 5) is 27.7. The van der Waals surface area contributed by atoms with Crippen molar-refractivity contribution in [2.75, 3.05) is 38.0 Å². The predicted octanol–water partition coefficient (Wildman–Crippen LogP) is 1.13. The van der Waals surface area contributed by atoms with Crippen LogP contribution in [0, 0.1) is 6.92 Å². The first-order chi connectivity index (χ1) is 12.6. The molecule has 2 amide bonds. The molecule has 1 aromatic heterocycles. The van der Waals surface area contributed by atoms with E-state index in [-0.39, 0.29) is 11.8 Å². The van der Waals surface area contributed by atoms with E-state index in [1.54, 1.807) is 17.0 Å². The summed E-state index contributed by atoms with van der Waals surface area (Å²) in [6, 6.07) is 11.4. The number of piperazine rings is 1. The number of rotatable bonds is 5. The third kappa shape index (κ3) is 4.32. The molecule has 1 aromatic carbocycles. The molecule has 0 aliphatic carbocycles. The number of carbonyl (C=O) groups excluding carboxylic acids is 2. The highest BCUT2D eigenvalue weighted by molar-refractivity contribution is 5.92. The fourth-order valence-electron chi connectivity index (χ4n) is 3.28. The van der Waals surface area contributed by atoms with Gasteiger partial charge in [-0.05, 0) is 37.1 Å². The number of hydrogen-bond acceptors (Lipinski definition) is 3. The van der Waals surface area contributed by atoms with Crippen molar-refractivity contribution in [3.05, 3.63) is 53.5 Å². The van der Waals surface area contributed by atoms with E-state index in [9.17, 15) is 9.59 Å². The Labute approximate surface area is 153 Å². The predicted molar refractivity (Wildman–Crippen MR) is 99.4 cm³/mol. The Morgan fingerprint density at radius 1 is 1.15 bits per heavy atom. The maximum atomic E-state index is 12.4. The molecular formula is C20H26N3O3+. The number of aryl methyl sites for hydroxylation is 2. The van der Waals surface area contributed by atoms with Crippen molar-refractivity contribution < 1.29 is 18.9 Å². The van der Waals surface area contributed by atoms with E-state index in [0.717, 1.165) is 36.5 Å². The molecule has 1 aliphatic rings. The first-order valence-corrected chi connectivity index (χ1v) is 9.14. The number of benzene rings is 1. The number of carbonyl (C=O) groups is 2. The number of quaternary nitrogens is 1. The molecule has 1 aliphatic heterocycles. The van der Waals surface area contributed by atoms with E-state index >= 15 is 0 Å². The molecule has 138 valence electrons.